The maximum absolute atomic E-state index is 11.4. The van der Waals surface area contributed by atoms with Crippen molar-refractivity contribution in [1.82, 2.24) is 0 Å². The van der Waals surface area contributed by atoms with E-state index in [1.54, 1.807) is 0 Å². The summed E-state index contributed by atoms with van der Waals surface area (Å²) in [5.74, 6) is 0.597. The molecular weight excluding hydrogens is 196 g/mol. The van der Waals surface area contributed by atoms with Crippen molar-refractivity contribution in [2.75, 3.05) is 11.1 Å². The molecule has 5 heteroatoms. The molecule has 0 fully saturated rings. The average Bonchev–Trinajstić information content (AvgIpc) is 2.24. The predicted octanol–water partition coefficient (Wildman–Crippen LogP) is 0.743. The SMILES string of the molecule is CC1CC(=O)Nc2cc(N)c(=O)oc2C1. The monoisotopic (exact) mass is 208 g/mol. The molecule has 2 rings (SSSR count). The van der Waals surface area contributed by atoms with Gasteiger partial charge in [0.05, 0.1) is 5.69 Å². The van der Waals surface area contributed by atoms with Gasteiger partial charge in [0.2, 0.25) is 5.91 Å². The number of nitrogens with two attached hydrogens (primary N) is 1. The Morgan fingerprint density at radius 2 is 2.20 bits per heavy atom. The van der Waals surface area contributed by atoms with Crippen molar-refractivity contribution < 1.29 is 9.21 Å². The maximum Gasteiger partial charge on any atom is 0.359 e. The summed E-state index contributed by atoms with van der Waals surface area (Å²) in [7, 11) is 0. The van der Waals surface area contributed by atoms with E-state index in [9.17, 15) is 9.59 Å². The minimum atomic E-state index is -0.544. The van der Waals surface area contributed by atoms with Crippen LogP contribution in [0, 0.1) is 5.92 Å². The second-order valence-electron chi connectivity index (χ2n) is 3.89. The summed E-state index contributed by atoms with van der Waals surface area (Å²) in [4.78, 5) is 22.6. The Bertz CT molecular complexity index is 464. The van der Waals surface area contributed by atoms with E-state index in [0.29, 0.717) is 24.3 Å². The highest BCUT2D eigenvalue weighted by Crippen LogP contribution is 2.24. The first-order chi connectivity index (χ1) is 7.06. The molecule has 1 aliphatic rings. The van der Waals surface area contributed by atoms with Gasteiger partial charge in [-0.2, -0.15) is 0 Å². The molecule has 0 aliphatic carbocycles. The topological polar surface area (TPSA) is 85.3 Å². The van der Waals surface area contributed by atoms with Gasteiger partial charge in [0, 0.05) is 12.8 Å². The molecule has 0 radical (unpaired) electrons. The molecule has 1 atom stereocenters. The van der Waals surface area contributed by atoms with Crippen molar-refractivity contribution in [3.63, 3.8) is 0 Å². The molecule has 1 aromatic rings. The molecule has 0 saturated heterocycles. The lowest BCUT2D eigenvalue weighted by atomic mass is 10.0. The third-order valence-corrected chi connectivity index (χ3v) is 2.39. The Morgan fingerprint density at radius 3 is 2.93 bits per heavy atom. The van der Waals surface area contributed by atoms with E-state index in [2.05, 4.69) is 5.32 Å². The Labute approximate surface area is 86.3 Å². The standard InChI is InChI=1S/C10H12N2O3/c1-5-2-8-7(12-9(13)3-5)4-6(11)10(14)15-8/h4-5H,2-3,11H2,1H3,(H,12,13). The zero-order valence-electron chi connectivity index (χ0n) is 8.37. The van der Waals surface area contributed by atoms with Crippen LogP contribution in [0.4, 0.5) is 11.4 Å². The van der Waals surface area contributed by atoms with Gasteiger partial charge in [0.25, 0.3) is 0 Å². The minimum absolute atomic E-state index is 0.0172. The van der Waals surface area contributed by atoms with E-state index < -0.39 is 5.63 Å². The Hall–Kier alpha value is -1.78. The smallest absolute Gasteiger partial charge is 0.359 e. The van der Waals surface area contributed by atoms with Crippen LogP contribution in [0.1, 0.15) is 19.1 Å². The molecular formula is C10H12N2O3. The molecule has 15 heavy (non-hydrogen) atoms. The van der Waals surface area contributed by atoms with Gasteiger partial charge in [-0.3, -0.25) is 4.79 Å². The molecule has 0 aromatic carbocycles. The first-order valence-corrected chi connectivity index (χ1v) is 4.78. The summed E-state index contributed by atoms with van der Waals surface area (Å²) in [6.07, 6.45) is 1.00. The highest BCUT2D eigenvalue weighted by Gasteiger charge is 2.21. The Balaban J connectivity index is 2.51. The lowest BCUT2D eigenvalue weighted by Crippen LogP contribution is -2.13. The fourth-order valence-corrected chi connectivity index (χ4v) is 1.68. The lowest BCUT2D eigenvalue weighted by molar-refractivity contribution is -0.116. The second kappa shape index (κ2) is 3.42. The predicted molar refractivity (Wildman–Crippen MR) is 55.5 cm³/mol. The molecule has 80 valence electrons. The van der Waals surface area contributed by atoms with Gasteiger partial charge in [0.1, 0.15) is 11.4 Å². The van der Waals surface area contributed by atoms with Crippen molar-refractivity contribution >= 4 is 17.3 Å². The van der Waals surface area contributed by atoms with Crippen LogP contribution < -0.4 is 16.7 Å². The number of anilines is 2. The van der Waals surface area contributed by atoms with E-state index in [0.717, 1.165) is 0 Å². The fourth-order valence-electron chi connectivity index (χ4n) is 1.68. The maximum atomic E-state index is 11.4. The van der Waals surface area contributed by atoms with Crippen molar-refractivity contribution in [3.8, 4) is 0 Å². The van der Waals surface area contributed by atoms with Gasteiger partial charge in [-0.25, -0.2) is 4.79 Å². The van der Waals surface area contributed by atoms with Crippen LogP contribution in [0.3, 0.4) is 0 Å². The number of rotatable bonds is 0. The van der Waals surface area contributed by atoms with E-state index in [1.807, 2.05) is 6.92 Å². The van der Waals surface area contributed by atoms with Crippen LogP contribution in [0.25, 0.3) is 0 Å². The van der Waals surface area contributed by atoms with Gasteiger partial charge in [-0.1, -0.05) is 6.92 Å². The third kappa shape index (κ3) is 1.86. The summed E-state index contributed by atoms with van der Waals surface area (Å²) in [6, 6.07) is 1.46. The van der Waals surface area contributed by atoms with E-state index >= 15 is 0 Å². The van der Waals surface area contributed by atoms with Gasteiger partial charge >= 0.3 is 5.63 Å². The molecule has 0 bridgehead atoms. The van der Waals surface area contributed by atoms with E-state index in [-0.39, 0.29) is 17.5 Å². The molecule has 1 unspecified atom stereocenters. The molecule has 0 saturated carbocycles. The average molecular weight is 208 g/mol. The number of hydrogen-bond donors (Lipinski definition) is 2. The molecule has 5 nitrogen and oxygen atoms in total. The number of amides is 1. The van der Waals surface area contributed by atoms with Crippen LogP contribution >= 0.6 is 0 Å². The summed E-state index contributed by atoms with van der Waals surface area (Å²) >= 11 is 0. The van der Waals surface area contributed by atoms with Crippen molar-refractivity contribution in [2.45, 2.75) is 19.8 Å². The first-order valence-electron chi connectivity index (χ1n) is 4.78. The largest absolute Gasteiger partial charge is 0.424 e. The number of nitrogen functional groups attached to an aromatic ring is 1. The highest BCUT2D eigenvalue weighted by molar-refractivity contribution is 5.92. The van der Waals surface area contributed by atoms with Crippen molar-refractivity contribution in [1.29, 1.82) is 0 Å². The minimum Gasteiger partial charge on any atom is -0.424 e. The molecule has 1 aromatic heterocycles. The third-order valence-electron chi connectivity index (χ3n) is 2.39. The lowest BCUT2D eigenvalue weighted by Gasteiger charge is -2.05. The number of hydrogen-bond acceptors (Lipinski definition) is 4. The highest BCUT2D eigenvalue weighted by atomic mass is 16.4. The Morgan fingerprint density at radius 1 is 1.47 bits per heavy atom. The van der Waals surface area contributed by atoms with Crippen LogP contribution in [0.2, 0.25) is 0 Å². The van der Waals surface area contributed by atoms with E-state index in [1.165, 1.54) is 6.07 Å². The number of nitrogens with one attached hydrogen (secondary N) is 1. The zero-order valence-corrected chi connectivity index (χ0v) is 8.37. The fraction of sp³-hybridized carbons (Fsp3) is 0.400. The molecule has 1 aliphatic heterocycles. The summed E-state index contributed by atoms with van der Waals surface area (Å²) in [6.45, 7) is 1.94. The van der Waals surface area contributed by atoms with Gasteiger partial charge < -0.3 is 15.5 Å². The summed E-state index contributed by atoms with van der Waals surface area (Å²) in [5, 5.41) is 2.67. The molecule has 2 heterocycles. The van der Waals surface area contributed by atoms with Crippen LogP contribution in [0.15, 0.2) is 15.3 Å². The second-order valence-corrected chi connectivity index (χ2v) is 3.89. The van der Waals surface area contributed by atoms with Gasteiger partial charge in [-0.15, -0.1) is 0 Å². The van der Waals surface area contributed by atoms with Crippen molar-refractivity contribution in [3.05, 3.63) is 22.2 Å². The summed E-state index contributed by atoms with van der Waals surface area (Å²) < 4.78 is 5.03. The van der Waals surface area contributed by atoms with E-state index in [4.69, 9.17) is 10.2 Å². The Kier molecular flexibility index (Phi) is 2.22. The van der Waals surface area contributed by atoms with Gasteiger partial charge in [-0.05, 0) is 12.0 Å². The quantitative estimate of drug-likeness (QED) is 0.658. The van der Waals surface area contributed by atoms with Crippen LogP contribution in [-0.4, -0.2) is 5.91 Å². The number of carbonyl (C=O) groups excluding carboxylic acids is 1. The van der Waals surface area contributed by atoms with Crippen LogP contribution in [0.5, 0.6) is 0 Å². The first kappa shape index (κ1) is 9.76. The normalized spacial score (nSPS) is 20.3. The van der Waals surface area contributed by atoms with Gasteiger partial charge in [0.15, 0.2) is 0 Å². The number of carbonyl (C=O) groups is 1. The van der Waals surface area contributed by atoms with Crippen molar-refractivity contribution in [2.24, 2.45) is 5.92 Å². The molecule has 1 amide bonds. The zero-order chi connectivity index (χ0) is 11.0. The molecule has 0 spiro atoms. The summed E-state index contributed by atoms with van der Waals surface area (Å²) in [5.41, 5.74) is 5.41. The molecule has 3 N–H and O–H groups in total. The van der Waals surface area contributed by atoms with Crippen LogP contribution in [-0.2, 0) is 11.2 Å². The number of fused-ring (bicyclic) bond motifs is 1.